The van der Waals surface area contributed by atoms with Gasteiger partial charge in [0.1, 0.15) is 11.5 Å². The van der Waals surface area contributed by atoms with Gasteiger partial charge >= 0.3 is 0 Å². The van der Waals surface area contributed by atoms with E-state index < -0.39 is 0 Å². The standard InChI is InChI=1S/C17H20N2O2.2ClH/c1-20-14-6-7-17-15(10-14)16(8-9-21-17)19-11-12-2-4-13(18)5-3-12;;/h2-7,10,16,19H,8-9,11,18H2,1H3;2*1H. The van der Waals surface area contributed by atoms with Crippen LogP contribution in [0.4, 0.5) is 5.69 Å². The fourth-order valence-corrected chi connectivity index (χ4v) is 2.59. The molecule has 0 fully saturated rings. The molecule has 1 heterocycles. The van der Waals surface area contributed by atoms with Crippen molar-refractivity contribution < 1.29 is 9.47 Å². The summed E-state index contributed by atoms with van der Waals surface area (Å²) in [6, 6.07) is 14.2. The molecule has 3 rings (SSSR count). The van der Waals surface area contributed by atoms with Crippen LogP contribution in [0.15, 0.2) is 42.5 Å². The number of nitrogen functional groups attached to an aromatic ring is 1. The van der Waals surface area contributed by atoms with Gasteiger partial charge in [-0.3, -0.25) is 0 Å². The Kier molecular flexibility index (Phi) is 7.49. The molecule has 0 bridgehead atoms. The highest BCUT2D eigenvalue weighted by Crippen LogP contribution is 2.34. The Bertz CT molecular complexity index is 620. The van der Waals surface area contributed by atoms with Crippen LogP contribution < -0.4 is 20.5 Å². The lowest BCUT2D eigenvalue weighted by Gasteiger charge is -2.27. The number of halogens is 2. The van der Waals surface area contributed by atoms with Crippen molar-refractivity contribution in [1.29, 1.82) is 0 Å². The molecule has 0 radical (unpaired) electrons. The molecule has 2 aromatic carbocycles. The lowest BCUT2D eigenvalue weighted by atomic mass is 10.00. The van der Waals surface area contributed by atoms with Gasteiger partial charge in [-0.2, -0.15) is 0 Å². The maximum Gasteiger partial charge on any atom is 0.124 e. The number of benzene rings is 2. The molecule has 0 spiro atoms. The van der Waals surface area contributed by atoms with Crippen molar-refractivity contribution >= 4 is 30.5 Å². The molecule has 0 amide bonds. The van der Waals surface area contributed by atoms with E-state index in [1.807, 2.05) is 36.4 Å². The average molecular weight is 357 g/mol. The molecule has 4 nitrogen and oxygen atoms in total. The molecule has 3 N–H and O–H groups in total. The SMILES string of the molecule is COc1ccc2c(c1)C(NCc1ccc(N)cc1)CCO2.Cl.Cl. The van der Waals surface area contributed by atoms with Crippen molar-refractivity contribution in [1.82, 2.24) is 5.32 Å². The largest absolute Gasteiger partial charge is 0.497 e. The number of ether oxygens (including phenoxy) is 2. The minimum Gasteiger partial charge on any atom is -0.497 e. The third-order valence-electron chi connectivity index (χ3n) is 3.79. The zero-order valence-electron chi connectivity index (χ0n) is 13.0. The lowest BCUT2D eigenvalue weighted by Crippen LogP contribution is -2.26. The first kappa shape index (κ1) is 19.4. The Morgan fingerprint density at radius 2 is 1.91 bits per heavy atom. The van der Waals surface area contributed by atoms with Crippen LogP contribution in [0.3, 0.4) is 0 Å². The van der Waals surface area contributed by atoms with Crippen molar-refractivity contribution in [3.8, 4) is 11.5 Å². The fraction of sp³-hybridized carbons (Fsp3) is 0.294. The van der Waals surface area contributed by atoms with Gasteiger partial charge < -0.3 is 20.5 Å². The van der Waals surface area contributed by atoms with Crippen molar-refractivity contribution in [3.63, 3.8) is 0 Å². The van der Waals surface area contributed by atoms with Crippen LogP contribution in [0, 0.1) is 0 Å². The zero-order valence-corrected chi connectivity index (χ0v) is 14.6. The first-order valence-corrected chi connectivity index (χ1v) is 7.15. The van der Waals surface area contributed by atoms with E-state index in [0.717, 1.165) is 42.3 Å². The van der Waals surface area contributed by atoms with Crippen LogP contribution in [-0.2, 0) is 6.54 Å². The van der Waals surface area contributed by atoms with Crippen LogP contribution in [0.1, 0.15) is 23.6 Å². The highest BCUT2D eigenvalue weighted by atomic mass is 35.5. The lowest BCUT2D eigenvalue weighted by molar-refractivity contribution is 0.251. The van der Waals surface area contributed by atoms with Gasteiger partial charge in [-0.25, -0.2) is 0 Å². The Balaban J connectivity index is 0.00000132. The minimum absolute atomic E-state index is 0. The number of methoxy groups -OCH3 is 1. The normalized spacial score (nSPS) is 15.4. The van der Waals surface area contributed by atoms with Crippen LogP contribution in [0.2, 0.25) is 0 Å². The van der Waals surface area contributed by atoms with Crippen LogP contribution in [-0.4, -0.2) is 13.7 Å². The maximum absolute atomic E-state index is 5.71. The van der Waals surface area contributed by atoms with Crippen molar-refractivity contribution in [2.75, 3.05) is 19.5 Å². The third-order valence-corrected chi connectivity index (χ3v) is 3.79. The van der Waals surface area contributed by atoms with Crippen molar-refractivity contribution in [2.45, 2.75) is 19.0 Å². The fourth-order valence-electron chi connectivity index (χ4n) is 2.59. The average Bonchev–Trinajstić information content (AvgIpc) is 2.54. The predicted molar refractivity (Wildman–Crippen MR) is 98.0 cm³/mol. The summed E-state index contributed by atoms with van der Waals surface area (Å²) in [5, 5.41) is 3.59. The summed E-state index contributed by atoms with van der Waals surface area (Å²) in [6.45, 7) is 1.54. The monoisotopic (exact) mass is 356 g/mol. The second-order valence-corrected chi connectivity index (χ2v) is 5.22. The topological polar surface area (TPSA) is 56.5 Å². The van der Waals surface area contributed by atoms with Crippen molar-refractivity contribution in [2.24, 2.45) is 0 Å². The number of anilines is 1. The summed E-state index contributed by atoms with van der Waals surface area (Å²) < 4.78 is 11.0. The summed E-state index contributed by atoms with van der Waals surface area (Å²) in [4.78, 5) is 0. The van der Waals surface area contributed by atoms with Gasteiger partial charge in [0.15, 0.2) is 0 Å². The third kappa shape index (κ3) is 4.67. The van der Waals surface area contributed by atoms with Gasteiger partial charge in [0.2, 0.25) is 0 Å². The molecule has 6 heteroatoms. The van der Waals surface area contributed by atoms with Gasteiger partial charge in [0.05, 0.1) is 13.7 Å². The van der Waals surface area contributed by atoms with Gasteiger partial charge in [-0.1, -0.05) is 12.1 Å². The number of nitrogens with one attached hydrogen (secondary N) is 1. The van der Waals surface area contributed by atoms with E-state index in [1.54, 1.807) is 7.11 Å². The quantitative estimate of drug-likeness (QED) is 0.819. The first-order chi connectivity index (χ1) is 10.3. The van der Waals surface area contributed by atoms with E-state index in [-0.39, 0.29) is 30.9 Å². The summed E-state index contributed by atoms with van der Waals surface area (Å²) in [5.41, 5.74) is 8.89. The summed E-state index contributed by atoms with van der Waals surface area (Å²) in [7, 11) is 1.68. The van der Waals surface area contributed by atoms with Crippen LogP contribution >= 0.6 is 24.8 Å². The van der Waals surface area contributed by atoms with E-state index in [4.69, 9.17) is 15.2 Å². The molecular weight excluding hydrogens is 335 g/mol. The first-order valence-electron chi connectivity index (χ1n) is 7.15. The number of hydrogen-bond acceptors (Lipinski definition) is 4. The zero-order chi connectivity index (χ0) is 14.7. The second-order valence-electron chi connectivity index (χ2n) is 5.22. The molecule has 0 saturated carbocycles. The number of fused-ring (bicyclic) bond motifs is 1. The Morgan fingerprint density at radius 3 is 2.61 bits per heavy atom. The van der Waals surface area contributed by atoms with Crippen molar-refractivity contribution in [3.05, 3.63) is 53.6 Å². The second kappa shape index (κ2) is 8.87. The molecule has 1 aliphatic rings. The molecular formula is C17H22Cl2N2O2. The minimum atomic E-state index is 0. The van der Waals surface area contributed by atoms with Gasteiger partial charge in [0.25, 0.3) is 0 Å². The molecule has 126 valence electrons. The van der Waals surface area contributed by atoms with E-state index in [9.17, 15) is 0 Å². The predicted octanol–water partition coefficient (Wildman–Crippen LogP) is 3.73. The molecule has 0 aliphatic carbocycles. The maximum atomic E-state index is 5.71. The van der Waals surface area contributed by atoms with Gasteiger partial charge in [-0.15, -0.1) is 24.8 Å². The van der Waals surface area contributed by atoms with Gasteiger partial charge in [-0.05, 0) is 35.9 Å². The number of nitrogens with two attached hydrogens (primary N) is 1. The number of rotatable bonds is 4. The molecule has 23 heavy (non-hydrogen) atoms. The Labute approximate surface area is 149 Å². The van der Waals surface area contributed by atoms with E-state index >= 15 is 0 Å². The number of hydrogen-bond donors (Lipinski definition) is 2. The molecule has 1 atom stereocenters. The van der Waals surface area contributed by atoms with E-state index in [1.165, 1.54) is 5.56 Å². The highest BCUT2D eigenvalue weighted by molar-refractivity contribution is 5.85. The molecule has 0 aromatic heterocycles. The van der Waals surface area contributed by atoms with Gasteiger partial charge in [0, 0.05) is 30.3 Å². The van der Waals surface area contributed by atoms with E-state index in [0.29, 0.717) is 0 Å². The molecule has 1 unspecified atom stereocenters. The Hall–Kier alpha value is -1.62. The summed E-state index contributed by atoms with van der Waals surface area (Å²) >= 11 is 0. The van der Waals surface area contributed by atoms with Crippen LogP contribution in [0.25, 0.3) is 0 Å². The van der Waals surface area contributed by atoms with E-state index in [2.05, 4.69) is 11.4 Å². The molecule has 1 aliphatic heterocycles. The molecule has 2 aromatic rings. The summed E-state index contributed by atoms with van der Waals surface area (Å²) in [5.74, 6) is 1.80. The Morgan fingerprint density at radius 1 is 1.17 bits per heavy atom. The van der Waals surface area contributed by atoms with Crippen LogP contribution in [0.5, 0.6) is 11.5 Å². The summed E-state index contributed by atoms with van der Waals surface area (Å²) in [6.07, 6.45) is 0.954. The molecule has 0 saturated heterocycles. The highest BCUT2D eigenvalue weighted by Gasteiger charge is 2.21. The smallest absolute Gasteiger partial charge is 0.124 e.